The number of nitrogens with two attached hydrogens (primary N) is 1. The summed E-state index contributed by atoms with van der Waals surface area (Å²) in [5, 5.41) is 2.42. The topological polar surface area (TPSA) is 19.9 Å². The van der Waals surface area contributed by atoms with Gasteiger partial charge in [0.15, 0.2) is 0 Å². The summed E-state index contributed by atoms with van der Waals surface area (Å²) in [6, 6.07) is 8.86. The van der Waals surface area contributed by atoms with Gasteiger partial charge in [0.25, 0.3) is 0 Å². The third-order valence-electron chi connectivity index (χ3n) is 3.09. The van der Waals surface area contributed by atoms with Crippen molar-refractivity contribution in [3.05, 3.63) is 29.8 Å². The molecule has 0 unspecified atom stereocenters. The average Bonchev–Trinajstić information content (AvgIpc) is 2.34. The Kier molecular flexibility index (Phi) is 6.71. The molecule has 0 aromatic heterocycles. The molecule has 2 heteroatoms. The molecule has 0 aliphatic heterocycles. The van der Waals surface area contributed by atoms with Crippen molar-refractivity contribution in [1.82, 2.24) is 0 Å². The Balaban J connectivity index is 2.19. The number of hydrogen-bond donors (Lipinski definition) is 1. The Hall–Kier alpha value is -1.02. The van der Waals surface area contributed by atoms with Gasteiger partial charge in [-0.05, 0) is 25.0 Å². The molecule has 0 heterocycles. The molecule has 0 aliphatic carbocycles. The normalized spacial score (nSPS) is 10.5. The Bertz CT molecular complexity index is 290. The number of quaternary nitrogens is 1. The van der Waals surface area contributed by atoms with Crippen LogP contribution in [0.3, 0.4) is 0 Å². The Labute approximate surface area is 106 Å². The van der Waals surface area contributed by atoms with Crippen LogP contribution < -0.4 is 10.2 Å². The van der Waals surface area contributed by atoms with Gasteiger partial charge in [-0.3, -0.25) is 0 Å². The molecule has 0 spiro atoms. The van der Waals surface area contributed by atoms with Gasteiger partial charge in [-0.15, -0.1) is 0 Å². The zero-order valence-electron chi connectivity index (χ0n) is 11.6. The predicted octanol–water partition coefficient (Wildman–Crippen LogP) is 2.40. The second-order valence-electron chi connectivity index (χ2n) is 4.90. The zero-order valence-corrected chi connectivity index (χ0v) is 11.6. The first-order chi connectivity index (χ1) is 8.24. The Morgan fingerprint density at radius 1 is 1.00 bits per heavy atom. The largest absolute Gasteiger partial charge is 0.378 e. The molecule has 2 N–H and O–H groups in total. The van der Waals surface area contributed by atoms with E-state index >= 15 is 0 Å². The molecule has 1 aromatic carbocycles. The number of hydrogen-bond acceptors (Lipinski definition) is 1. The number of nitrogens with zero attached hydrogens (tertiary/aromatic N) is 1. The van der Waals surface area contributed by atoms with Gasteiger partial charge in [0, 0.05) is 25.3 Å². The lowest BCUT2D eigenvalue weighted by Gasteiger charge is -2.12. The van der Waals surface area contributed by atoms with E-state index in [0.717, 1.165) is 6.54 Å². The minimum Gasteiger partial charge on any atom is -0.378 e. The van der Waals surface area contributed by atoms with E-state index in [1.165, 1.54) is 43.5 Å². The molecule has 0 saturated heterocycles. The van der Waals surface area contributed by atoms with Crippen molar-refractivity contribution in [3.63, 3.8) is 0 Å². The van der Waals surface area contributed by atoms with Crippen LogP contribution in [-0.2, 0) is 6.54 Å². The molecule has 17 heavy (non-hydrogen) atoms. The first-order valence-electron chi connectivity index (χ1n) is 6.82. The summed E-state index contributed by atoms with van der Waals surface area (Å²) >= 11 is 0. The van der Waals surface area contributed by atoms with Crippen LogP contribution in [0.5, 0.6) is 0 Å². The van der Waals surface area contributed by atoms with Crippen molar-refractivity contribution in [1.29, 1.82) is 0 Å². The maximum Gasteiger partial charge on any atom is 0.101 e. The van der Waals surface area contributed by atoms with E-state index < -0.39 is 0 Å². The van der Waals surface area contributed by atoms with Crippen LogP contribution in [0.25, 0.3) is 0 Å². The molecule has 0 aliphatic rings. The minimum atomic E-state index is 1.11. The quantitative estimate of drug-likeness (QED) is 0.686. The van der Waals surface area contributed by atoms with Gasteiger partial charge in [0.1, 0.15) is 6.54 Å². The van der Waals surface area contributed by atoms with E-state index in [0.29, 0.717) is 0 Å². The highest BCUT2D eigenvalue weighted by Crippen LogP contribution is 2.11. The van der Waals surface area contributed by atoms with Gasteiger partial charge < -0.3 is 10.2 Å². The second-order valence-corrected chi connectivity index (χ2v) is 4.90. The standard InChI is InChI=1S/C15H26N2/c1-4-5-6-7-12-16-13-14-8-10-15(11-9-14)17(2)3/h8-11,16H,4-7,12-13H2,1-3H3/p+1. The monoisotopic (exact) mass is 235 g/mol. The fourth-order valence-corrected chi connectivity index (χ4v) is 1.91. The molecule has 0 atom stereocenters. The maximum atomic E-state index is 2.42. The lowest BCUT2D eigenvalue weighted by atomic mass is 10.2. The van der Waals surface area contributed by atoms with Crippen molar-refractivity contribution in [2.24, 2.45) is 0 Å². The molecule has 2 nitrogen and oxygen atoms in total. The molecule has 0 saturated carbocycles. The summed E-state index contributed by atoms with van der Waals surface area (Å²) in [6.07, 6.45) is 5.44. The molecule has 0 bridgehead atoms. The summed E-state index contributed by atoms with van der Waals surface area (Å²) in [5.74, 6) is 0. The third kappa shape index (κ3) is 5.73. The summed E-state index contributed by atoms with van der Waals surface area (Å²) in [5.41, 5.74) is 2.70. The highest BCUT2D eigenvalue weighted by Gasteiger charge is 1.98. The number of rotatable bonds is 8. The van der Waals surface area contributed by atoms with Gasteiger partial charge in [-0.1, -0.05) is 31.9 Å². The fourth-order valence-electron chi connectivity index (χ4n) is 1.91. The van der Waals surface area contributed by atoms with Gasteiger partial charge >= 0.3 is 0 Å². The third-order valence-corrected chi connectivity index (χ3v) is 3.09. The van der Waals surface area contributed by atoms with E-state index in [-0.39, 0.29) is 0 Å². The first-order valence-corrected chi connectivity index (χ1v) is 6.82. The maximum absolute atomic E-state index is 2.42. The Morgan fingerprint density at radius 2 is 1.71 bits per heavy atom. The van der Waals surface area contributed by atoms with Crippen molar-refractivity contribution in [2.45, 2.75) is 39.2 Å². The van der Waals surface area contributed by atoms with E-state index in [2.05, 4.69) is 55.5 Å². The first kappa shape index (κ1) is 14.0. The lowest BCUT2D eigenvalue weighted by molar-refractivity contribution is -0.671. The minimum absolute atomic E-state index is 1.11. The highest BCUT2D eigenvalue weighted by atomic mass is 15.1. The summed E-state index contributed by atoms with van der Waals surface area (Å²) in [4.78, 5) is 2.14. The number of anilines is 1. The molecule has 0 fully saturated rings. The van der Waals surface area contributed by atoms with Crippen LogP contribution in [-0.4, -0.2) is 20.6 Å². The summed E-state index contributed by atoms with van der Waals surface area (Å²) in [6.45, 7) is 4.63. The van der Waals surface area contributed by atoms with E-state index in [9.17, 15) is 0 Å². The van der Waals surface area contributed by atoms with Gasteiger partial charge in [0.05, 0.1) is 6.54 Å². The second kappa shape index (κ2) is 8.13. The molecule has 96 valence electrons. The smallest absolute Gasteiger partial charge is 0.101 e. The predicted molar refractivity (Wildman–Crippen MR) is 75.4 cm³/mol. The average molecular weight is 235 g/mol. The molecule has 1 rings (SSSR count). The van der Waals surface area contributed by atoms with E-state index in [4.69, 9.17) is 0 Å². The van der Waals surface area contributed by atoms with Crippen LogP contribution in [0.4, 0.5) is 5.69 Å². The van der Waals surface area contributed by atoms with Crippen molar-refractivity contribution < 1.29 is 5.32 Å². The van der Waals surface area contributed by atoms with Crippen molar-refractivity contribution in [3.8, 4) is 0 Å². The molecule has 1 aromatic rings. The van der Waals surface area contributed by atoms with Gasteiger partial charge in [-0.25, -0.2) is 0 Å². The van der Waals surface area contributed by atoms with E-state index in [1.54, 1.807) is 0 Å². The molecule has 0 radical (unpaired) electrons. The molecular weight excluding hydrogens is 208 g/mol. The van der Waals surface area contributed by atoms with Crippen LogP contribution in [0.1, 0.15) is 38.2 Å². The van der Waals surface area contributed by atoms with E-state index in [1.807, 2.05) is 0 Å². The number of unbranched alkanes of at least 4 members (excludes halogenated alkanes) is 3. The van der Waals surface area contributed by atoms with Gasteiger partial charge in [-0.2, -0.15) is 0 Å². The summed E-state index contributed by atoms with van der Waals surface area (Å²) in [7, 11) is 4.16. The van der Waals surface area contributed by atoms with Crippen LogP contribution in [0.2, 0.25) is 0 Å². The zero-order chi connectivity index (χ0) is 12.5. The van der Waals surface area contributed by atoms with Crippen LogP contribution in [0, 0.1) is 0 Å². The highest BCUT2D eigenvalue weighted by molar-refractivity contribution is 5.45. The number of benzene rings is 1. The summed E-state index contributed by atoms with van der Waals surface area (Å²) < 4.78 is 0. The van der Waals surface area contributed by atoms with Crippen LogP contribution >= 0.6 is 0 Å². The molecule has 0 amide bonds. The van der Waals surface area contributed by atoms with Crippen LogP contribution in [0.15, 0.2) is 24.3 Å². The fraction of sp³-hybridized carbons (Fsp3) is 0.600. The van der Waals surface area contributed by atoms with Crippen molar-refractivity contribution in [2.75, 3.05) is 25.5 Å². The lowest BCUT2D eigenvalue weighted by Crippen LogP contribution is -2.82. The molecular formula is C15H27N2+. The van der Waals surface area contributed by atoms with Gasteiger partial charge in [0.2, 0.25) is 0 Å². The van der Waals surface area contributed by atoms with Crippen molar-refractivity contribution >= 4 is 5.69 Å². The Morgan fingerprint density at radius 3 is 2.29 bits per heavy atom. The SMILES string of the molecule is CCCCCC[NH2+]Cc1ccc(N(C)C)cc1.